The smallest absolute Gasteiger partial charge is 0.235 e. The predicted molar refractivity (Wildman–Crippen MR) is 134 cm³/mol. The van der Waals surface area contributed by atoms with E-state index in [9.17, 15) is 34.2 Å². The van der Waals surface area contributed by atoms with E-state index >= 15 is 0 Å². The van der Waals surface area contributed by atoms with E-state index in [2.05, 4.69) is 12.1 Å². The highest BCUT2D eigenvalue weighted by molar-refractivity contribution is 6.32. The van der Waals surface area contributed by atoms with Gasteiger partial charge in [0.15, 0.2) is 34.7 Å². The van der Waals surface area contributed by atoms with Crippen molar-refractivity contribution in [1.29, 1.82) is 0 Å². The molecule has 4 rings (SSSR count). The Hall–Kier alpha value is -3.41. The van der Waals surface area contributed by atoms with Gasteiger partial charge in [-0.25, -0.2) is 0 Å². The molecule has 38 heavy (non-hydrogen) atoms. The molecule has 2 unspecified atom stereocenters. The van der Waals surface area contributed by atoms with Crippen LogP contribution in [0.3, 0.4) is 0 Å². The number of amides is 1. The summed E-state index contributed by atoms with van der Waals surface area (Å²) in [5, 5.41) is 22.2. The zero-order valence-electron chi connectivity index (χ0n) is 21.8. The number of ketones is 4. The molecule has 5 N–H and O–H groups in total. The molecule has 3 aliphatic rings. The first-order chi connectivity index (χ1) is 17.7. The van der Waals surface area contributed by atoms with Gasteiger partial charge in [0.1, 0.15) is 5.75 Å². The van der Waals surface area contributed by atoms with Crippen molar-refractivity contribution in [3.63, 3.8) is 0 Å². The van der Waals surface area contributed by atoms with Crippen LogP contribution in [0.5, 0.6) is 5.75 Å². The largest absolute Gasteiger partial charge is 0.507 e. The molecule has 204 valence electrons. The number of hydrogen-bond donors (Lipinski definition) is 4. The molecule has 1 aromatic rings. The van der Waals surface area contributed by atoms with E-state index in [1.165, 1.54) is 25.1 Å². The molecule has 0 saturated heterocycles. The van der Waals surface area contributed by atoms with Crippen LogP contribution in [-0.2, 0) is 30.4 Å². The lowest BCUT2D eigenvalue weighted by Crippen LogP contribution is -2.74. The molecule has 2 fully saturated rings. The van der Waals surface area contributed by atoms with Crippen molar-refractivity contribution in [3.8, 4) is 5.75 Å². The molecule has 11 nitrogen and oxygen atoms in total. The number of hydroxylamine groups is 1. The van der Waals surface area contributed by atoms with Crippen LogP contribution in [0.4, 0.5) is 0 Å². The van der Waals surface area contributed by atoms with Crippen molar-refractivity contribution in [2.45, 2.75) is 38.3 Å². The minimum Gasteiger partial charge on any atom is -0.507 e. The van der Waals surface area contributed by atoms with Gasteiger partial charge in [0.05, 0.1) is 29.8 Å². The Morgan fingerprint density at radius 2 is 1.89 bits per heavy atom. The molecule has 11 heteroatoms. The minimum atomic E-state index is -2.75. The van der Waals surface area contributed by atoms with Crippen LogP contribution in [0, 0.1) is 29.6 Å². The van der Waals surface area contributed by atoms with E-state index in [4.69, 9.17) is 10.6 Å². The van der Waals surface area contributed by atoms with Gasteiger partial charge in [-0.2, -0.15) is 0 Å². The van der Waals surface area contributed by atoms with E-state index in [0.29, 0.717) is 23.4 Å². The Balaban J connectivity index is 1.79. The highest BCUT2D eigenvalue weighted by atomic mass is 16.6. The van der Waals surface area contributed by atoms with Crippen molar-refractivity contribution in [2.75, 3.05) is 20.7 Å². The van der Waals surface area contributed by atoms with Gasteiger partial charge in [0.25, 0.3) is 0 Å². The third-order valence-electron chi connectivity index (χ3n) is 7.88. The quantitative estimate of drug-likeness (QED) is 0.279. The second-order valence-corrected chi connectivity index (χ2v) is 11.1. The third-order valence-corrected chi connectivity index (χ3v) is 7.88. The summed E-state index contributed by atoms with van der Waals surface area (Å²) in [6.07, 6.45) is 0.114. The number of nitrogens with two attached hydrogens (primary N) is 1. The number of aromatic hydroxyl groups is 1. The molecule has 0 aromatic heterocycles. The summed E-state index contributed by atoms with van der Waals surface area (Å²) in [7, 11) is 3.08. The fraction of sp³-hybridized carbons (Fsp3) is 0.519. The van der Waals surface area contributed by atoms with Crippen LogP contribution in [-0.4, -0.2) is 76.5 Å². The van der Waals surface area contributed by atoms with Gasteiger partial charge in [-0.1, -0.05) is 20.4 Å². The highest BCUT2D eigenvalue weighted by Gasteiger charge is 2.69. The summed E-state index contributed by atoms with van der Waals surface area (Å²) in [5.41, 5.74) is 6.55. The lowest BCUT2D eigenvalue weighted by atomic mass is 9.52. The van der Waals surface area contributed by atoms with Gasteiger partial charge in [0, 0.05) is 11.5 Å². The number of primary amides is 1. The number of fused-ring (bicyclic) bond motifs is 3. The second-order valence-electron chi connectivity index (χ2n) is 11.1. The van der Waals surface area contributed by atoms with E-state index < -0.39 is 64.4 Å². The first kappa shape index (κ1) is 27.6. The van der Waals surface area contributed by atoms with Crippen molar-refractivity contribution < 1.29 is 39.0 Å². The van der Waals surface area contributed by atoms with Crippen LogP contribution < -0.4 is 11.2 Å². The maximum absolute atomic E-state index is 13.8. The topological polar surface area (TPSA) is 176 Å². The molecule has 0 aliphatic heterocycles. The number of carbonyl (C=O) groups excluding carboxylic acids is 5. The number of Topliss-reactive ketones (excluding diaryl/α,β-unsaturated/α-hetero) is 4. The van der Waals surface area contributed by atoms with Crippen LogP contribution in [0.15, 0.2) is 18.7 Å². The number of aliphatic hydroxyl groups is 1. The van der Waals surface area contributed by atoms with Crippen LogP contribution in [0.1, 0.15) is 41.8 Å². The first-order valence-electron chi connectivity index (χ1n) is 12.5. The van der Waals surface area contributed by atoms with E-state index in [0.717, 1.165) is 0 Å². The lowest BCUT2D eigenvalue weighted by Gasteiger charge is -2.52. The molecule has 0 radical (unpaired) electrons. The highest BCUT2D eigenvalue weighted by Crippen LogP contribution is 2.51. The van der Waals surface area contributed by atoms with Gasteiger partial charge in [0.2, 0.25) is 5.91 Å². The zero-order valence-corrected chi connectivity index (χ0v) is 21.8. The molecule has 3 aliphatic carbocycles. The van der Waals surface area contributed by atoms with Crippen molar-refractivity contribution in [3.05, 3.63) is 35.4 Å². The molecular weight excluding hydrogens is 494 g/mol. The monoisotopic (exact) mass is 527 g/mol. The SMILES string of the molecule is C=C(NOCC(C)C)c1ccc(O)c2c1C[C@H]1C[C@H]3[C@H](N(C)C)C(=O)C(C(N)=O)C(=O)[C@@]3(O)C(=O)C1C2=O. The van der Waals surface area contributed by atoms with E-state index in [-0.39, 0.29) is 30.1 Å². The molecule has 1 aromatic carbocycles. The average molecular weight is 528 g/mol. The summed E-state index contributed by atoms with van der Waals surface area (Å²) in [4.78, 5) is 73.0. The zero-order chi connectivity index (χ0) is 28.3. The van der Waals surface area contributed by atoms with Crippen LogP contribution >= 0.6 is 0 Å². The fourth-order valence-corrected chi connectivity index (χ4v) is 6.24. The predicted octanol–water partition coefficient (Wildman–Crippen LogP) is 0.0149. The number of nitrogens with zero attached hydrogens (tertiary/aromatic N) is 1. The minimum absolute atomic E-state index is 0.0251. The Bertz CT molecular complexity index is 1250. The van der Waals surface area contributed by atoms with Gasteiger partial charge in [-0.15, -0.1) is 0 Å². The summed E-state index contributed by atoms with van der Waals surface area (Å²) in [6.45, 7) is 8.33. The van der Waals surface area contributed by atoms with Crippen molar-refractivity contribution in [2.24, 2.45) is 35.3 Å². The van der Waals surface area contributed by atoms with Gasteiger partial charge in [-0.3, -0.25) is 39.2 Å². The summed E-state index contributed by atoms with van der Waals surface area (Å²) in [6, 6.07) is 1.74. The molecule has 1 amide bonds. The standard InChI is InChI=1S/C27H33N3O8/c1-11(2)10-38-29-12(3)14-6-7-17(31)19-15(14)8-13-9-16-21(30(4)5)23(33)20(26(28)36)25(35)27(16,37)24(34)18(13)22(19)32/h6-7,11,13,16,18,20-21,29,31,37H,3,8-10H2,1-2,4-5H3,(H2,28,36)/t13-,16-,18?,20?,21-,27-/m0/s1. The fourth-order valence-electron chi connectivity index (χ4n) is 6.24. The van der Waals surface area contributed by atoms with Crippen molar-refractivity contribution >= 4 is 34.7 Å². The molecule has 0 spiro atoms. The Morgan fingerprint density at radius 3 is 2.47 bits per heavy atom. The second kappa shape index (κ2) is 9.72. The third kappa shape index (κ3) is 4.05. The average Bonchev–Trinajstić information content (AvgIpc) is 2.80. The number of phenols is 1. The number of phenolic OH excluding ortho intramolecular Hbond substituents is 1. The van der Waals surface area contributed by atoms with Gasteiger partial charge in [-0.05, 0) is 56.5 Å². The number of carbonyl (C=O) groups is 5. The first-order valence-corrected chi connectivity index (χ1v) is 12.5. The molecule has 2 saturated carbocycles. The number of rotatable bonds is 7. The van der Waals surface area contributed by atoms with E-state index in [1.54, 1.807) is 6.07 Å². The van der Waals surface area contributed by atoms with Gasteiger partial charge < -0.3 is 15.9 Å². The molecule has 6 atom stereocenters. The summed E-state index contributed by atoms with van der Waals surface area (Å²) < 4.78 is 0. The maximum Gasteiger partial charge on any atom is 0.235 e. The molecule has 0 bridgehead atoms. The number of nitrogens with one attached hydrogen (secondary N) is 1. The number of likely N-dealkylation sites (N-methyl/N-ethyl adjacent to an activating group) is 1. The Kier molecular flexibility index (Phi) is 7.06. The van der Waals surface area contributed by atoms with Crippen LogP contribution in [0.2, 0.25) is 0 Å². The lowest BCUT2D eigenvalue weighted by molar-refractivity contribution is -0.181. The number of hydrogen-bond acceptors (Lipinski definition) is 10. The van der Waals surface area contributed by atoms with Crippen LogP contribution in [0.25, 0.3) is 5.70 Å². The number of benzene rings is 1. The maximum atomic E-state index is 13.8. The normalized spacial score (nSPS) is 30.7. The Labute approximate surface area is 220 Å². The molecule has 0 heterocycles. The van der Waals surface area contributed by atoms with E-state index in [1.807, 2.05) is 13.8 Å². The van der Waals surface area contributed by atoms with Crippen molar-refractivity contribution in [1.82, 2.24) is 10.4 Å². The van der Waals surface area contributed by atoms with Gasteiger partial charge >= 0.3 is 0 Å². The Morgan fingerprint density at radius 1 is 1.24 bits per heavy atom. The molecular formula is C27H33N3O8. The summed E-state index contributed by atoms with van der Waals surface area (Å²) in [5.74, 6) is -10.6. The summed E-state index contributed by atoms with van der Waals surface area (Å²) >= 11 is 0.